The number of carbonyl (C=O) groups excluding carboxylic acids is 1. The summed E-state index contributed by atoms with van der Waals surface area (Å²) in [6.07, 6.45) is -5.71. The molecule has 0 aliphatic rings. The van der Waals surface area contributed by atoms with Gasteiger partial charge in [-0.1, -0.05) is 13.8 Å². The van der Waals surface area contributed by atoms with Gasteiger partial charge in [0.2, 0.25) is 0 Å². The van der Waals surface area contributed by atoms with Crippen LogP contribution in [0.2, 0.25) is 0 Å². The molecule has 0 radical (unpaired) electrons. The Morgan fingerprint density at radius 2 is 1.73 bits per heavy atom. The minimum Gasteiger partial charge on any atom is -0.444 e. The molecule has 1 unspecified atom stereocenters. The normalized spacial score (nSPS) is 13.7. The number of carbonyl (C=O) groups is 1. The van der Waals surface area contributed by atoms with E-state index in [1.165, 1.54) is 0 Å². The molecule has 0 spiro atoms. The van der Waals surface area contributed by atoms with E-state index in [0.29, 0.717) is 6.54 Å². The summed E-state index contributed by atoms with van der Waals surface area (Å²) < 4.78 is 41.9. The largest absolute Gasteiger partial charge is 0.444 e. The molecule has 6 nitrogen and oxygen atoms in total. The third-order valence-electron chi connectivity index (χ3n) is 3.00. The predicted molar refractivity (Wildman–Crippen MR) is 108 cm³/mol. The van der Waals surface area contributed by atoms with Crippen molar-refractivity contribution in [1.29, 1.82) is 0 Å². The van der Waals surface area contributed by atoms with Gasteiger partial charge in [0.15, 0.2) is 5.96 Å². The van der Waals surface area contributed by atoms with Gasteiger partial charge in [-0.25, -0.2) is 4.79 Å². The molecule has 1 amide bonds. The highest BCUT2D eigenvalue weighted by Crippen LogP contribution is 2.18. The second-order valence-corrected chi connectivity index (χ2v) is 7.01. The zero-order chi connectivity index (χ0) is 19.7. The van der Waals surface area contributed by atoms with Crippen LogP contribution >= 0.6 is 24.0 Å². The Morgan fingerprint density at radius 3 is 2.15 bits per heavy atom. The molecule has 0 fully saturated rings. The molecule has 0 aliphatic heterocycles. The van der Waals surface area contributed by atoms with Crippen LogP contribution in [-0.4, -0.2) is 49.5 Å². The van der Waals surface area contributed by atoms with Gasteiger partial charge < -0.3 is 20.7 Å². The van der Waals surface area contributed by atoms with E-state index in [1.54, 1.807) is 20.8 Å². The van der Waals surface area contributed by atoms with Crippen LogP contribution < -0.4 is 16.0 Å². The van der Waals surface area contributed by atoms with Gasteiger partial charge in [0.25, 0.3) is 0 Å². The Kier molecular flexibility index (Phi) is 13.1. The number of hydrogen-bond acceptors (Lipinski definition) is 3. The van der Waals surface area contributed by atoms with Crippen LogP contribution in [0.25, 0.3) is 0 Å². The number of amides is 1. The summed E-state index contributed by atoms with van der Waals surface area (Å²) in [4.78, 5) is 16.1. The van der Waals surface area contributed by atoms with Crippen LogP contribution in [-0.2, 0) is 4.74 Å². The van der Waals surface area contributed by atoms with Crippen LogP contribution in [0.3, 0.4) is 0 Å². The van der Waals surface area contributed by atoms with E-state index in [1.807, 2.05) is 20.8 Å². The first-order chi connectivity index (χ1) is 11.3. The van der Waals surface area contributed by atoms with Gasteiger partial charge in [-0.2, -0.15) is 13.2 Å². The molecule has 0 saturated carbocycles. The summed E-state index contributed by atoms with van der Waals surface area (Å²) in [6.45, 7) is 11.4. The average molecular weight is 496 g/mol. The van der Waals surface area contributed by atoms with Gasteiger partial charge in [0.1, 0.15) is 5.60 Å². The maximum atomic E-state index is 12.2. The van der Waals surface area contributed by atoms with E-state index in [4.69, 9.17) is 4.74 Å². The summed E-state index contributed by atoms with van der Waals surface area (Å²) in [5, 5.41) is 8.27. The van der Waals surface area contributed by atoms with Crippen LogP contribution in [0.5, 0.6) is 0 Å². The van der Waals surface area contributed by atoms with E-state index < -0.39 is 24.3 Å². The minimum absolute atomic E-state index is 0. The fourth-order valence-corrected chi connectivity index (χ4v) is 1.74. The van der Waals surface area contributed by atoms with E-state index in [2.05, 4.69) is 20.9 Å². The maximum Gasteiger partial charge on any atom is 0.407 e. The lowest BCUT2D eigenvalue weighted by Crippen LogP contribution is -2.45. The molecular weight excluding hydrogens is 464 g/mol. The first-order valence-electron chi connectivity index (χ1n) is 8.42. The third kappa shape index (κ3) is 15.3. The van der Waals surface area contributed by atoms with Crippen LogP contribution in [0, 0.1) is 5.92 Å². The van der Waals surface area contributed by atoms with E-state index in [-0.39, 0.29) is 55.0 Å². The van der Waals surface area contributed by atoms with Crippen molar-refractivity contribution in [1.82, 2.24) is 16.0 Å². The van der Waals surface area contributed by atoms with Gasteiger partial charge in [0, 0.05) is 13.1 Å². The van der Waals surface area contributed by atoms with Crippen molar-refractivity contribution in [3.63, 3.8) is 0 Å². The number of alkyl halides is 3. The molecule has 0 rings (SSSR count). The fraction of sp³-hybridized carbons (Fsp3) is 0.875. The third-order valence-corrected chi connectivity index (χ3v) is 3.00. The van der Waals surface area contributed by atoms with Crippen molar-refractivity contribution in [3.05, 3.63) is 0 Å². The Bertz CT molecular complexity index is 438. The highest BCUT2D eigenvalue weighted by Gasteiger charge is 2.26. The Hall–Kier alpha value is -0.940. The molecule has 0 saturated heterocycles. The lowest BCUT2D eigenvalue weighted by Gasteiger charge is -2.25. The van der Waals surface area contributed by atoms with Gasteiger partial charge in [-0.15, -0.1) is 24.0 Å². The molecule has 26 heavy (non-hydrogen) atoms. The molecule has 0 aromatic heterocycles. The molecule has 3 N–H and O–H groups in total. The number of aliphatic imine (C=N–C) groups is 1. The van der Waals surface area contributed by atoms with Crippen molar-refractivity contribution in [2.45, 2.75) is 65.8 Å². The topological polar surface area (TPSA) is 74.8 Å². The van der Waals surface area contributed by atoms with Crippen LogP contribution in [0.4, 0.5) is 18.0 Å². The van der Waals surface area contributed by atoms with Crippen molar-refractivity contribution < 1.29 is 22.7 Å². The van der Waals surface area contributed by atoms with E-state index in [9.17, 15) is 18.0 Å². The molecule has 1 atom stereocenters. The number of nitrogens with zero attached hydrogens (tertiary/aromatic N) is 1. The van der Waals surface area contributed by atoms with Crippen molar-refractivity contribution in [2.24, 2.45) is 10.9 Å². The number of hydrogen-bond donors (Lipinski definition) is 3. The monoisotopic (exact) mass is 496 g/mol. The second-order valence-electron chi connectivity index (χ2n) is 7.01. The zero-order valence-electron chi connectivity index (χ0n) is 16.3. The lowest BCUT2D eigenvalue weighted by atomic mass is 10.1. The summed E-state index contributed by atoms with van der Waals surface area (Å²) in [7, 11) is 0. The zero-order valence-corrected chi connectivity index (χ0v) is 18.6. The first-order valence-corrected chi connectivity index (χ1v) is 8.42. The summed E-state index contributed by atoms with van der Waals surface area (Å²) >= 11 is 0. The Labute approximate surface area is 171 Å². The summed E-state index contributed by atoms with van der Waals surface area (Å²) in [6, 6.07) is -0.298. The number of alkyl carbamates (subject to hydrolysis) is 1. The highest BCUT2D eigenvalue weighted by molar-refractivity contribution is 14.0. The van der Waals surface area contributed by atoms with Crippen LogP contribution in [0.1, 0.15) is 48.0 Å². The summed E-state index contributed by atoms with van der Waals surface area (Å²) in [5.41, 5.74) is -0.608. The molecule has 0 aromatic carbocycles. The van der Waals surface area contributed by atoms with E-state index >= 15 is 0 Å². The minimum atomic E-state index is -4.22. The van der Waals surface area contributed by atoms with Gasteiger partial charge in [-0.05, 0) is 33.6 Å². The Balaban J connectivity index is 0. The van der Waals surface area contributed by atoms with Crippen molar-refractivity contribution in [3.8, 4) is 0 Å². The van der Waals surface area contributed by atoms with Gasteiger partial charge >= 0.3 is 12.3 Å². The van der Waals surface area contributed by atoms with Crippen LogP contribution in [0.15, 0.2) is 4.99 Å². The number of halogens is 4. The van der Waals surface area contributed by atoms with Crippen molar-refractivity contribution in [2.75, 3.05) is 19.6 Å². The lowest BCUT2D eigenvalue weighted by molar-refractivity contribution is -0.132. The Morgan fingerprint density at radius 1 is 1.15 bits per heavy atom. The fourth-order valence-electron chi connectivity index (χ4n) is 1.74. The molecule has 156 valence electrons. The predicted octanol–water partition coefficient (Wildman–Crippen LogP) is 3.66. The van der Waals surface area contributed by atoms with Gasteiger partial charge in [-0.3, -0.25) is 4.99 Å². The molecular formula is C16H32F3IN4O2. The molecule has 10 heteroatoms. The smallest absolute Gasteiger partial charge is 0.407 e. The number of guanidine groups is 1. The highest BCUT2D eigenvalue weighted by atomic mass is 127. The molecule has 0 bridgehead atoms. The first kappa shape index (κ1) is 27.3. The quantitative estimate of drug-likeness (QED) is 0.286. The maximum absolute atomic E-state index is 12.2. The van der Waals surface area contributed by atoms with Gasteiger partial charge in [0.05, 0.1) is 19.0 Å². The van der Waals surface area contributed by atoms with E-state index in [0.717, 1.165) is 0 Å². The summed E-state index contributed by atoms with van der Waals surface area (Å²) in [5.74, 6) is 0.359. The molecule has 0 heterocycles. The second kappa shape index (κ2) is 12.4. The molecule has 0 aliphatic carbocycles. The standard InChI is InChI=1S/C16H31F3N4O2.HI/c1-7-20-13(21-9-8-16(17,18)19)22-10-12(11(2)3)23-14(24)25-15(4,5)6;/h11-12H,7-10H2,1-6H3,(H,23,24)(H2,20,21,22);1H. The molecule has 0 aromatic rings. The number of rotatable bonds is 7. The number of ether oxygens (including phenoxy) is 1. The van der Waals surface area contributed by atoms with Crippen molar-refractivity contribution >= 4 is 36.0 Å². The average Bonchev–Trinajstić information content (AvgIpc) is 2.39. The number of nitrogens with one attached hydrogen (secondary N) is 3. The SMILES string of the molecule is CCNC(=NCC(NC(=O)OC(C)(C)C)C(C)C)NCCC(F)(F)F.I.